The lowest BCUT2D eigenvalue weighted by Gasteiger charge is -2.15. The Hall–Kier alpha value is -1.59. The SMILES string of the molecule is CCOC(=O)CCNCC(O)COc1cccc(C)c1C. The molecule has 0 amide bonds. The molecule has 0 aliphatic rings. The molecule has 0 radical (unpaired) electrons. The molecule has 21 heavy (non-hydrogen) atoms. The summed E-state index contributed by atoms with van der Waals surface area (Å²) >= 11 is 0. The lowest BCUT2D eigenvalue weighted by Crippen LogP contribution is -2.32. The van der Waals surface area contributed by atoms with Crippen LogP contribution in [0.2, 0.25) is 0 Å². The first-order chi connectivity index (χ1) is 10.0. The number of hydrogen-bond donors (Lipinski definition) is 2. The maximum Gasteiger partial charge on any atom is 0.307 e. The van der Waals surface area contributed by atoms with Crippen LogP contribution in [0.15, 0.2) is 18.2 Å². The number of aliphatic hydroxyl groups is 1. The maximum atomic E-state index is 11.1. The molecule has 2 N–H and O–H groups in total. The van der Waals surface area contributed by atoms with Crippen LogP contribution in [0.5, 0.6) is 5.75 Å². The number of aliphatic hydroxyl groups excluding tert-OH is 1. The van der Waals surface area contributed by atoms with Crippen molar-refractivity contribution >= 4 is 5.97 Å². The number of carbonyl (C=O) groups is 1. The van der Waals surface area contributed by atoms with Crippen LogP contribution in [0, 0.1) is 13.8 Å². The molecule has 5 heteroatoms. The molecule has 0 fully saturated rings. The van der Waals surface area contributed by atoms with Gasteiger partial charge in [0.05, 0.1) is 13.0 Å². The summed E-state index contributed by atoms with van der Waals surface area (Å²) in [5.74, 6) is 0.562. The monoisotopic (exact) mass is 295 g/mol. The molecule has 0 aliphatic heterocycles. The second kappa shape index (κ2) is 9.37. The van der Waals surface area contributed by atoms with Gasteiger partial charge in [-0.25, -0.2) is 0 Å². The number of aryl methyl sites for hydroxylation is 1. The van der Waals surface area contributed by atoms with Gasteiger partial charge in [0.25, 0.3) is 0 Å². The fourth-order valence-corrected chi connectivity index (χ4v) is 1.82. The highest BCUT2D eigenvalue weighted by molar-refractivity contribution is 5.69. The van der Waals surface area contributed by atoms with E-state index in [-0.39, 0.29) is 12.6 Å². The van der Waals surface area contributed by atoms with Crippen LogP contribution >= 0.6 is 0 Å². The van der Waals surface area contributed by atoms with E-state index in [2.05, 4.69) is 5.32 Å². The van der Waals surface area contributed by atoms with Crippen LogP contribution in [-0.2, 0) is 9.53 Å². The first-order valence-electron chi connectivity index (χ1n) is 7.28. The standard InChI is InChI=1S/C16H25NO4/c1-4-20-16(19)8-9-17-10-14(18)11-21-15-7-5-6-12(2)13(15)3/h5-7,14,17-18H,4,8-11H2,1-3H3. The Kier molecular flexibility index (Phi) is 7.79. The van der Waals surface area contributed by atoms with Gasteiger partial charge in [-0.2, -0.15) is 0 Å². The summed E-state index contributed by atoms with van der Waals surface area (Å²) in [6, 6.07) is 5.85. The number of ether oxygens (including phenoxy) is 2. The number of rotatable bonds is 9. The zero-order chi connectivity index (χ0) is 15.7. The van der Waals surface area contributed by atoms with Crippen molar-refractivity contribution in [2.24, 2.45) is 0 Å². The molecule has 0 saturated heterocycles. The second-order valence-corrected chi connectivity index (χ2v) is 4.92. The van der Waals surface area contributed by atoms with E-state index in [1.54, 1.807) is 6.92 Å². The Labute approximate surface area is 126 Å². The highest BCUT2D eigenvalue weighted by Crippen LogP contribution is 2.20. The average Bonchev–Trinajstić information content (AvgIpc) is 2.45. The Morgan fingerprint density at radius 1 is 1.38 bits per heavy atom. The zero-order valence-corrected chi connectivity index (χ0v) is 13.0. The maximum absolute atomic E-state index is 11.1. The van der Waals surface area contributed by atoms with Crippen molar-refractivity contribution in [2.45, 2.75) is 33.3 Å². The zero-order valence-electron chi connectivity index (χ0n) is 13.0. The van der Waals surface area contributed by atoms with Crippen molar-refractivity contribution in [2.75, 3.05) is 26.3 Å². The van der Waals surface area contributed by atoms with Crippen molar-refractivity contribution in [3.8, 4) is 5.75 Å². The Balaban J connectivity index is 2.21. The van der Waals surface area contributed by atoms with Gasteiger partial charge < -0.3 is 19.9 Å². The molecule has 1 aromatic rings. The van der Waals surface area contributed by atoms with Gasteiger partial charge in [0.2, 0.25) is 0 Å². The van der Waals surface area contributed by atoms with E-state index in [1.165, 1.54) is 0 Å². The fourth-order valence-electron chi connectivity index (χ4n) is 1.82. The van der Waals surface area contributed by atoms with Crippen molar-refractivity contribution < 1.29 is 19.4 Å². The van der Waals surface area contributed by atoms with Crippen LogP contribution in [0.25, 0.3) is 0 Å². The summed E-state index contributed by atoms with van der Waals surface area (Å²) in [7, 11) is 0. The number of nitrogens with one attached hydrogen (secondary N) is 1. The number of esters is 1. The largest absolute Gasteiger partial charge is 0.491 e. The lowest BCUT2D eigenvalue weighted by atomic mass is 10.1. The molecule has 1 unspecified atom stereocenters. The minimum absolute atomic E-state index is 0.219. The smallest absolute Gasteiger partial charge is 0.307 e. The molecule has 118 valence electrons. The van der Waals surface area contributed by atoms with Gasteiger partial charge in [-0.05, 0) is 38.0 Å². The molecule has 0 heterocycles. The highest BCUT2D eigenvalue weighted by Gasteiger charge is 2.08. The van der Waals surface area contributed by atoms with Crippen LogP contribution in [0.1, 0.15) is 24.5 Å². The molecule has 0 saturated carbocycles. The quantitative estimate of drug-likeness (QED) is 0.535. The van der Waals surface area contributed by atoms with Gasteiger partial charge in [0.15, 0.2) is 0 Å². The lowest BCUT2D eigenvalue weighted by molar-refractivity contribution is -0.143. The van der Waals surface area contributed by atoms with Crippen molar-refractivity contribution in [3.05, 3.63) is 29.3 Å². The highest BCUT2D eigenvalue weighted by atomic mass is 16.5. The third kappa shape index (κ3) is 6.60. The predicted octanol–water partition coefficient (Wildman–Crippen LogP) is 1.59. The van der Waals surface area contributed by atoms with E-state index in [9.17, 15) is 9.90 Å². The van der Waals surface area contributed by atoms with E-state index in [0.29, 0.717) is 26.1 Å². The van der Waals surface area contributed by atoms with Crippen molar-refractivity contribution in [1.82, 2.24) is 5.32 Å². The van der Waals surface area contributed by atoms with Gasteiger partial charge >= 0.3 is 5.97 Å². The second-order valence-electron chi connectivity index (χ2n) is 4.92. The molecular weight excluding hydrogens is 270 g/mol. The molecule has 0 aromatic heterocycles. The van der Waals surface area contributed by atoms with Gasteiger partial charge in [0, 0.05) is 13.1 Å². The van der Waals surface area contributed by atoms with E-state index in [4.69, 9.17) is 9.47 Å². The first-order valence-corrected chi connectivity index (χ1v) is 7.28. The molecule has 0 bridgehead atoms. The van der Waals surface area contributed by atoms with E-state index < -0.39 is 6.10 Å². The molecule has 1 atom stereocenters. The first kappa shape index (κ1) is 17.5. The third-order valence-electron chi connectivity index (χ3n) is 3.18. The molecule has 5 nitrogen and oxygen atoms in total. The number of hydrogen-bond acceptors (Lipinski definition) is 5. The van der Waals surface area contributed by atoms with E-state index >= 15 is 0 Å². The van der Waals surface area contributed by atoms with Crippen LogP contribution in [0.3, 0.4) is 0 Å². The van der Waals surface area contributed by atoms with Crippen LogP contribution < -0.4 is 10.1 Å². The number of benzene rings is 1. The van der Waals surface area contributed by atoms with Crippen molar-refractivity contribution in [1.29, 1.82) is 0 Å². The summed E-state index contributed by atoms with van der Waals surface area (Å²) < 4.78 is 10.4. The minimum atomic E-state index is -0.618. The normalized spacial score (nSPS) is 12.0. The van der Waals surface area contributed by atoms with Gasteiger partial charge in [-0.3, -0.25) is 4.79 Å². The van der Waals surface area contributed by atoms with Gasteiger partial charge in [-0.15, -0.1) is 0 Å². The summed E-state index contributed by atoms with van der Waals surface area (Å²) in [6.45, 7) is 7.27. The fraction of sp³-hybridized carbons (Fsp3) is 0.562. The van der Waals surface area contributed by atoms with E-state index in [1.807, 2.05) is 32.0 Å². The van der Waals surface area contributed by atoms with Crippen molar-refractivity contribution in [3.63, 3.8) is 0 Å². The predicted molar refractivity (Wildman–Crippen MR) is 81.5 cm³/mol. The molecule has 1 aromatic carbocycles. The topological polar surface area (TPSA) is 67.8 Å². The molecule has 0 spiro atoms. The van der Waals surface area contributed by atoms with Crippen LogP contribution in [-0.4, -0.2) is 43.5 Å². The number of carbonyl (C=O) groups excluding carboxylic acids is 1. The molecule has 0 aliphatic carbocycles. The molecular formula is C16H25NO4. The third-order valence-corrected chi connectivity index (χ3v) is 3.18. The van der Waals surface area contributed by atoms with E-state index in [0.717, 1.165) is 16.9 Å². The van der Waals surface area contributed by atoms with Gasteiger partial charge in [-0.1, -0.05) is 12.1 Å². The Bertz CT molecular complexity index is 448. The van der Waals surface area contributed by atoms with Crippen LogP contribution in [0.4, 0.5) is 0 Å². The summed E-state index contributed by atoms with van der Waals surface area (Å²) in [5.41, 5.74) is 2.24. The average molecular weight is 295 g/mol. The summed E-state index contributed by atoms with van der Waals surface area (Å²) in [6.07, 6.45) is -0.314. The summed E-state index contributed by atoms with van der Waals surface area (Å²) in [5, 5.41) is 12.8. The summed E-state index contributed by atoms with van der Waals surface area (Å²) in [4.78, 5) is 11.1. The van der Waals surface area contributed by atoms with Gasteiger partial charge in [0.1, 0.15) is 18.5 Å². The molecule has 1 rings (SSSR count). The minimum Gasteiger partial charge on any atom is -0.491 e. The Morgan fingerprint density at radius 2 is 2.14 bits per heavy atom. The Morgan fingerprint density at radius 3 is 2.86 bits per heavy atom.